The van der Waals surface area contributed by atoms with E-state index in [1.807, 2.05) is 0 Å². The Morgan fingerprint density at radius 1 is 0.609 bits per heavy atom. The van der Waals surface area contributed by atoms with Gasteiger partial charge in [0.25, 0.3) is 0 Å². The van der Waals surface area contributed by atoms with Gasteiger partial charge in [-0.05, 0) is 43.3 Å². The van der Waals surface area contributed by atoms with Crippen LogP contribution in [0, 0.1) is 0 Å². The maximum absolute atomic E-state index is 2.92. The van der Waals surface area contributed by atoms with Gasteiger partial charge in [-0.25, -0.2) is 0 Å². The molecule has 3 heteroatoms. The molecule has 0 spiro atoms. The van der Waals surface area contributed by atoms with Crippen LogP contribution in [0.4, 0.5) is 0 Å². The van der Waals surface area contributed by atoms with Gasteiger partial charge in [0, 0.05) is 0 Å². The highest BCUT2D eigenvalue weighted by Gasteiger charge is 2.14. The van der Waals surface area contributed by atoms with E-state index in [1.54, 1.807) is 0 Å². The smallest absolute Gasteiger partial charge is 0.00152 e. The van der Waals surface area contributed by atoms with Gasteiger partial charge in [0.2, 0.25) is 0 Å². The summed E-state index contributed by atoms with van der Waals surface area (Å²) in [5.41, 5.74) is 2.72. The van der Waals surface area contributed by atoms with Gasteiger partial charge in [-0.2, -0.15) is 0 Å². The van der Waals surface area contributed by atoms with Crippen molar-refractivity contribution in [3.8, 4) is 11.1 Å². The van der Waals surface area contributed by atoms with Crippen LogP contribution in [-0.2, 0) is 0 Å². The summed E-state index contributed by atoms with van der Waals surface area (Å²) in [5, 5.41) is 7.89. The number of hydrogen-bond donors (Lipinski definition) is 0. The van der Waals surface area contributed by atoms with Crippen LogP contribution in [0.1, 0.15) is 0 Å². The molecule has 0 aliphatic rings. The second-order valence-electron chi connectivity index (χ2n) is 5.60. The average molecular weight is 350 g/mol. The van der Waals surface area contributed by atoms with Crippen molar-refractivity contribution >= 4 is 58.6 Å². The third kappa shape index (κ3) is 2.60. The van der Waals surface area contributed by atoms with E-state index in [2.05, 4.69) is 91.0 Å². The highest BCUT2D eigenvalue weighted by Crippen LogP contribution is 2.36. The van der Waals surface area contributed by atoms with E-state index in [9.17, 15) is 0 Å². The zero-order valence-corrected chi connectivity index (χ0v) is 15.9. The van der Waals surface area contributed by atoms with Gasteiger partial charge in [-0.3, -0.25) is 0 Å². The van der Waals surface area contributed by atoms with Gasteiger partial charge in [0.05, 0.1) is 0 Å². The summed E-state index contributed by atoms with van der Waals surface area (Å²) in [5.74, 6) is 0. The molecule has 0 bridgehead atoms. The molecule has 4 rings (SSSR count). The highest BCUT2D eigenvalue weighted by atomic mass is 32.0. The van der Waals surface area contributed by atoms with Crippen LogP contribution < -0.4 is 10.6 Å². The monoisotopic (exact) mass is 350 g/mol. The van der Waals surface area contributed by atoms with Crippen LogP contribution in [0.2, 0.25) is 0 Å². The van der Waals surface area contributed by atoms with Gasteiger partial charge >= 0.3 is 0 Å². The van der Waals surface area contributed by atoms with Gasteiger partial charge < -0.3 is 0 Å². The highest BCUT2D eigenvalue weighted by molar-refractivity contribution is 8.07. The summed E-state index contributed by atoms with van der Waals surface area (Å²) in [6.07, 6.45) is 0. The summed E-state index contributed by atoms with van der Waals surface area (Å²) in [7, 11) is 6.52. The molecule has 0 saturated carbocycles. The van der Waals surface area contributed by atoms with Crippen LogP contribution in [0.25, 0.3) is 32.7 Å². The lowest BCUT2D eigenvalue weighted by molar-refractivity contribution is 1.74. The Kier molecular flexibility index (Phi) is 4.17. The summed E-state index contributed by atoms with van der Waals surface area (Å²) in [6.45, 7) is 0. The second-order valence-corrected chi connectivity index (χ2v) is 7.92. The molecular formula is C20H17P3. The topological polar surface area (TPSA) is 0 Å². The molecule has 0 heterocycles. The minimum Gasteiger partial charge on any atom is -0.110 e. The zero-order valence-electron chi connectivity index (χ0n) is 12.6. The van der Waals surface area contributed by atoms with E-state index in [-0.39, 0.29) is 0 Å². The Morgan fingerprint density at radius 2 is 1.17 bits per heavy atom. The van der Waals surface area contributed by atoms with Crippen LogP contribution in [0.3, 0.4) is 0 Å². The fourth-order valence-electron chi connectivity index (χ4n) is 3.23. The third-order valence-corrected chi connectivity index (χ3v) is 6.44. The van der Waals surface area contributed by atoms with Crippen molar-refractivity contribution < 1.29 is 0 Å². The Bertz CT molecular complexity index is 1020. The fraction of sp³-hybridized carbons (Fsp3) is 0. The molecule has 23 heavy (non-hydrogen) atoms. The average Bonchev–Trinajstić information content (AvgIpc) is 2.61. The van der Waals surface area contributed by atoms with Gasteiger partial charge in [-0.15, -0.1) is 18.2 Å². The minimum atomic E-state index is 0.693. The van der Waals surface area contributed by atoms with Gasteiger partial charge in [-0.1, -0.05) is 81.1 Å². The van der Waals surface area contributed by atoms with Crippen molar-refractivity contribution in [2.24, 2.45) is 0 Å². The van der Waals surface area contributed by atoms with Crippen LogP contribution >= 0.6 is 26.4 Å². The normalized spacial score (nSPS) is 11.7. The second kappa shape index (κ2) is 6.30. The number of fused-ring (bicyclic) bond motifs is 2. The molecular weight excluding hydrogens is 333 g/mol. The molecule has 3 unspecified atom stereocenters. The van der Waals surface area contributed by atoms with Crippen LogP contribution in [0.5, 0.6) is 0 Å². The molecule has 0 aliphatic heterocycles. The van der Waals surface area contributed by atoms with Crippen molar-refractivity contribution in [3.63, 3.8) is 0 Å². The predicted molar refractivity (Wildman–Crippen MR) is 114 cm³/mol. The van der Waals surface area contributed by atoms with E-state index in [0.717, 1.165) is 0 Å². The Hall–Kier alpha value is -1.31. The maximum atomic E-state index is 2.92. The van der Waals surface area contributed by atoms with Crippen molar-refractivity contribution in [3.05, 3.63) is 72.8 Å². The van der Waals surface area contributed by atoms with E-state index >= 15 is 0 Å². The first-order chi connectivity index (χ1) is 11.3. The number of rotatable bonds is 2. The van der Waals surface area contributed by atoms with E-state index < -0.39 is 0 Å². The first-order valence-corrected chi connectivity index (χ1v) is 10.9. The molecule has 0 aromatic heterocycles. The number of hydrogen-bond acceptors (Lipinski definition) is 0. The maximum Gasteiger partial charge on any atom is -0.00152 e. The molecule has 0 nitrogen and oxygen atoms in total. The van der Waals surface area contributed by atoms with E-state index in [4.69, 9.17) is 0 Å². The molecule has 4 aromatic carbocycles. The summed E-state index contributed by atoms with van der Waals surface area (Å²) >= 11 is 0. The van der Waals surface area contributed by atoms with Crippen molar-refractivity contribution in [1.29, 1.82) is 0 Å². The summed E-state index contributed by atoms with van der Waals surface area (Å²) < 4.78 is 0. The summed E-state index contributed by atoms with van der Waals surface area (Å²) in [6, 6.07) is 26.3. The quantitative estimate of drug-likeness (QED) is 0.433. The Labute approximate surface area is 142 Å². The molecule has 0 N–H and O–H groups in total. The van der Waals surface area contributed by atoms with E-state index in [0.29, 0.717) is 8.27 Å². The third-order valence-electron chi connectivity index (χ3n) is 4.30. The first-order valence-electron chi connectivity index (χ1n) is 7.55. The van der Waals surface area contributed by atoms with E-state index in [1.165, 1.54) is 43.3 Å². The fourth-order valence-corrected chi connectivity index (χ4v) is 4.93. The molecule has 0 fully saturated rings. The Morgan fingerprint density at radius 3 is 1.83 bits per heavy atom. The van der Waals surface area contributed by atoms with Crippen molar-refractivity contribution in [1.82, 2.24) is 0 Å². The van der Waals surface area contributed by atoms with Crippen molar-refractivity contribution in [2.45, 2.75) is 0 Å². The molecule has 0 radical (unpaired) electrons. The molecule has 0 saturated heterocycles. The largest absolute Gasteiger partial charge is 0.110 e. The van der Waals surface area contributed by atoms with Crippen molar-refractivity contribution in [2.75, 3.05) is 0 Å². The van der Waals surface area contributed by atoms with Crippen LogP contribution in [-0.4, -0.2) is 0 Å². The SMILES string of the molecule is PPc1ccc2ccccc2c1-c1c(P)ccc2ccccc12. The lowest BCUT2D eigenvalue weighted by Crippen LogP contribution is -2.06. The van der Waals surface area contributed by atoms with Crippen LogP contribution in [0.15, 0.2) is 72.8 Å². The predicted octanol–water partition coefficient (Wildman–Crippen LogP) is 5.25. The Balaban J connectivity index is 2.21. The molecule has 0 amide bonds. The first kappa shape index (κ1) is 15.2. The van der Waals surface area contributed by atoms with Gasteiger partial charge in [0.1, 0.15) is 0 Å². The standard InChI is InChI=1S/C20H17P3/c21-17-11-9-13-5-1-3-7-15(13)19(17)20-16-8-4-2-6-14(16)10-12-18(20)23-22/h1-12,23H,21-22H2. The molecule has 3 atom stereocenters. The number of benzene rings is 4. The lowest BCUT2D eigenvalue weighted by atomic mass is 9.94. The summed E-state index contributed by atoms with van der Waals surface area (Å²) in [4.78, 5) is 0. The molecule has 0 aliphatic carbocycles. The lowest BCUT2D eigenvalue weighted by Gasteiger charge is -2.17. The van der Waals surface area contributed by atoms with Gasteiger partial charge in [0.15, 0.2) is 0 Å². The minimum absolute atomic E-state index is 0.693. The molecule has 4 aromatic rings. The molecule has 112 valence electrons. The zero-order chi connectivity index (χ0) is 15.8.